The van der Waals surface area contributed by atoms with Crippen LogP contribution in [0, 0.1) is 5.92 Å². The Morgan fingerprint density at radius 2 is 1.61 bits per heavy atom. The van der Waals surface area contributed by atoms with Crippen molar-refractivity contribution < 1.29 is 13.2 Å². The van der Waals surface area contributed by atoms with E-state index in [2.05, 4.69) is 10.3 Å². The lowest BCUT2D eigenvalue weighted by atomic mass is 9.84. The molecule has 0 bridgehead atoms. The summed E-state index contributed by atoms with van der Waals surface area (Å²) in [7, 11) is 2.04. The van der Waals surface area contributed by atoms with Crippen LogP contribution in [-0.4, -0.2) is 55.4 Å². The van der Waals surface area contributed by atoms with Gasteiger partial charge >= 0.3 is 6.18 Å². The van der Waals surface area contributed by atoms with E-state index in [1.54, 1.807) is 0 Å². The van der Waals surface area contributed by atoms with Crippen molar-refractivity contribution in [2.75, 3.05) is 33.2 Å². The third kappa shape index (κ3) is 3.59. The topological polar surface area (TPSA) is 18.5 Å². The fraction of sp³-hybridized carbons (Fsp3) is 1.00. The van der Waals surface area contributed by atoms with Gasteiger partial charge in [0.1, 0.15) is 0 Å². The first-order valence-corrected chi connectivity index (χ1v) is 6.73. The number of alkyl halides is 3. The Balaban J connectivity index is 1.89. The highest BCUT2D eigenvalue weighted by atomic mass is 19.4. The number of halogens is 3. The van der Waals surface area contributed by atoms with Gasteiger partial charge in [0, 0.05) is 32.2 Å². The van der Waals surface area contributed by atoms with E-state index in [9.17, 15) is 13.2 Å². The molecule has 1 N–H and O–H groups in total. The molecule has 2 unspecified atom stereocenters. The van der Waals surface area contributed by atoms with E-state index in [1.807, 2.05) is 12.1 Å². The molecule has 1 heterocycles. The largest absolute Gasteiger partial charge is 0.393 e. The van der Waals surface area contributed by atoms with Gasteiger partial charge in [0.25, 0.3) is 0 Å². The fourth-order valence-electron chi connectivity index (χ4n) is 2.85. The molecular weight excluding hydrogens is 243 g/mol. The zero-order valence-corrected chi connectivity index (χ0v) is 10.8. The third-order valence-corrected chi connectivity index (χ3v) is 4.04. The minimum atomic E-state index is -4.06. The number of nitrogens with one attached hydrogen (secondary N) is 1. The van der Waals surface area contributed by atoms with Gasteiger partial charge in [-0.1, -0.05) is 12.8 Å². The molecule has 0 aromatic rings. The Morgan fingerprint density at radius 3 is 2.22 bits per heavy atom. The summed E-state index contributed by atoms with van der Waals surface area (Å²) in [6.45, 7) is 3.43. The van der Waals surface area contributed by atoms with Crippen LogP contribution in [0.2, 0.25) is 0 Å². The first-order valence-electron chi connectivity index (χ1n) is 6.73. The maximum atomic E-state index is 12.9. The zero-order valence-electron chi connectivity index (χ0n) is 10.8. The van der Waals surface area contributed by atoms with Gasteiger partial charge in [-0.25, -0.2) is 5.01 Å². The van der Waals surface area contributed by atoms with Crippen molar-refractivity contribution in [3.8, 4) is 0 Å². The molecule has 2 rings (SSSR count). The molecule has 1 saturated carbocycles. The second-order valence-electron chi connectivity index (χ2n) is 5.46. The van der Waals surface area contributed by atoms with Gasteiger partial charge in [0.05, 0.1) is 5.92 Å². The summed E-state index contributed by atoms with van der Waals surface area (Å²) in [5.41, 5.74) is 3.12. The Labute approximate surface area is 106 Å². The average molecular weight is 265 g/mol. The first-order chi connectivity index (χ1) is 8.47. The van der Waals surface area contributed by atoms with Crippen LogP contribution >= 0.6 is 0 Å². The highest BCUT2D eigenvalue weighted by Crippen LogP contribution is 2.37. The maximum absolute atomic E-state index is 12.9. The van der Waals surface area contributed by atoms with Gasteiger partial charge in [-0.15, -0.1) is 0 Å². The maximum Gasteiger partial charge on any atom is 0.393 e. The normalized spacial score (nSPS) is 32.7. The van der Waals surface area contributed by atoms with Crippen molar-refractivity contribution in [1.82, 2.24) is 15.3 Å². The fourth-order valence-corrected chi connectivity index (χ4v) is 2.85. The van der Waals surface area contributed by atoms with Gasteiger partial charge in [-0.3, -0.25) is 5.43 Å². The molecule has 0 amide bonds. The van der Waals surface area contributed by atoms with Crippen LogP contribution in [0.15, 0.2) is 0 Å². The van der Waals surface area contributed by atoms with E-state index in [4.69, 9.17) is 0 Å². The average Bonchev–Trinajstić information content (AvgIpc) is 2.31. The third-order valence-electron chi connectivity index (χ3n) is 4.04. The lowest BCUT2D eigenvalue weighted by molar-refractivity contribution is -0.193. The van der Waals surface area contributed by atoms with Gasteiger partial charge in [-0.05, 0) is 19.9 Å². The first kappa shape index (κ1) is 14.1. The van der Waals surface area contributed by atoms with Gasteiger partial charge in [0.2, 0.25) is 0 Å². The van der Waals surface area contributed by atoms with Crippen molar-refractivity contribution >= 4 is 0 Å². The minimum Gasteiger partial charge on any atom is -0.304 e. The molecular formula is C12H22F3N3. The van der Waals surface area contributed by atoms with Crippen LogP contribution in [-0.2, 0) is 0 Å². The number of likely N-dealkylation sites (N-methyl/N-ethyl adjacent to an activating group) is 1. The van der Waals surface area contributed by atoms with Crippen LogP contribution in [0.25, 0.3) is 0 Å². The monoisotopic (exact) mass is 265 g/mol. The minimum absolute atomic E-state index is 0.273. The number of hydrogen-bond acceptors (Lipinski definition) is 3. The molecule has 1 aliphatic heterocycles. The summed E-state index contributed by atoms with van der Waals surface area (Å²) in [5, 5.41) is 1.97. The number of piperazine rings is 1. The van der Waals surface area contributed by atoms with Crippen LogP contribution < -0.4 is 5.43 Å². The summed E-state index contributed by atoms with van der Waals surface area (Å²) in [6, 6.07) is -0.429. The second kappa shape index (κ2) is 5.75. The summed E-state index contributed by atoms with van der Waals surface area (Å²) in [5.74, 6) is -1.18. The molecule has 0 aromatic heterocycles. The molecule has 0 spiro atoms. The highest BCUT2D eigenvalue weighted by molar-refractivity contribution is 4.85. The second-order valence-corrected chi connectivity index (χ2v) is 5.46. The molecule has 0 radical (unpaired) electrons. The van der Waals surface area contributed by atoms with E-state index in [1.165, 1.54) is 0 Å². The molecule has 18 heavy (non-hydrogen) atoms. The van der Waals surface area contributed by atoms with Crippen molar-refractivity contribution in [2.45, 2.75) is 37.9 Å². The van der Waals surface area contributed by atoms with E-state index in [0.717, 1.165) is 32.6 Å². The molecule has 106 valence electrons. The number of rotatable bonds is 2. The smallest absolute Gasteiger partial charge is 0.304 e. The number of hydrazine groups is 1. The van der Waals surface area contributed by atoms with Crippen molar-refractivity contribution in [1.29, 1.82) is 0 Å². The Hall–Kier alpha value is -0.330. The predicted molar refractivity (Wildman–Crippen MR) is 64.0 cm³/mol. The van der Waals surface area contributed by atoms with Crippen LogP contribution in [0.4, 0.5) is 13.2 Å². The van der Waals surface area contributed by atoms with E-state index >= 15 is 0 Å². The Morgan fingerprint density at radius 1 is 1.00 bits per heavy atom. The molecule has 1 saturated heterocycles. The molecule has 6 heteroatoms. The lowest BCUT2D eigenvalue weighted by Gasteiger charge is -2.40. The SMILES string of the molecule is CN1CCN(NC2CCCCC2C(F)(F)F)CC1. The molecule has 2 fully saturated rings. The van der Waals surface area contributed by atoms with E-state index in [0.29, 0.717) is 12.8 Å². The van der Waals surface area contributed by atoms with Gasteiger partial charge < -0.3 is 4.90 Å². The predicted octanol–water partition coefficient (Wildman–Crippen LogP) is 1.86. The van der Waals surface area contributed by atoms with Crippen molar-refractivity contribution in [3.05, 3.63) is 0 Å². The summed E-state index contributed by atoms with van der Waals surface area (Å²) in [6.07, 6.45) is -1.56. The molecule has 1 aliphatic carbocycles. The molecule has 2 aliphatic rings. The number of nitrogens with zero attached hydrogens (tertiary/aromatic N) is 2. The molecule has 2 atom stereocenters. The van der Waals surface area contributed by atoms with Crippen LogP contribution in [0.3, 0.4) is 0 Å². The summed E-state index contributed by atoms with van der Waals surface area (Å²) in [4.78, 5) is 2.19. The van der Waals surface area contributed by atoms with Crippen LogP contribution in [0.5, 0.6) is 0 Å². The van der Waals surface area contributed by atoms with Crippen molar-refractivity contribution in [3.63, 3.8) is 0 Å². The Kier molecular flexibility index (Phi) is 4.50. The quantitative estimate of drug-likeness (QED) is 0.822. The standard InChI is InChI=1S/C12H22F3N3/c1-17-6-8-18(9-7-17)16-11-5-3-2-4-10(11)12(13,14)15/h10-11,16H,2-9H2,1H3. The van der Waals surface area contributed by atoms with Gasteiger partial charge in [0.15, 0.2) is 0 Å². The van der Waals surface area contributed by atoms with E-state index in [-0.39, 0.29) is 6.42 Å². The Bertz CT molecular complexity index is 262. The zero-order chi connectivity index (χ0) is 13.2. The molecule has 0 aromatic carbocycles. The summed E-state index contributed by atoms with van der Waals surface area (Å²) >= 11 is 0. The van der Waals surface area contributed by atoms with Crippen LogP contribution in [0.1, 0.15) is 25.7 Å². The van der Waals surface area contributed by atoms with Crippen molar-refractivity contribution in [2.24, 2.45) is 5.92 Å². The molecule has 3 nitrogen and oxygen atoms in total. The summed E-state index contributed by atoms with van der Waals surface area (Å²) < 4.78 is 38.8. The van der Waals surface area contributed by atoms with E-state index < -0.39 is 18.1 Å². The highest BCUT2D eigenvalue weighted by Gasteiger charge is 2.45. The lowest BCUT2D eigenvalue weighted by Crippen LogP contribution is -2.57. The number of hydrogen-bond donors (Lipinski definition) is 1. The van der Waals surface area contributed by atoms with Gasteiger partial charge in [-0.2, -0.15) is 13.2 Å².